The number of hydrogen-bond donors (Lipinski definition) is 1. The Hall–Kier alpha value is -0.430. The quantitative estimate of drug-likeness (QED) is 0.830. The Kier molecular flexibility index (Phi) is 5.58. The molecule has 0 aromatic carbocycles. The van der Waals surface area contributed by atoms with E-state index in [0.29, 0.717) is 22.2 Å². The van der Waals surface area contributed by atoms with Crippen LogP contribution in [-0.2, 0) is 16.6 Å². The summed E-state index contributed by atoms with van der Waals surface area (Å²) in [5.74, 6) is 0. The minimum Gasteiger partial charge on any atom is -0.391 e. The van der Waals surface area contributed by atoms with Gasteiger partial charge in [0.15, 0.2) is 0 Å². The van der Waals surface area contributed by atoms with Crippen LogP contribution in [0.3, 0.4) is 0 Å². The first-order chi connectivity index (χ1) is 8.06. The zero-order chi connectivity index (χ0) is 12.9. The number of aliphatic hydroxyl groups is 1. The molecule has 0 spiro atoms. The molecule has 0 bridgehead atoms. The highest BCUT2D eigenvalue weighted by Crippen LogP contribution is 2.25. The van der Waals surface area contributed by atoms with E-state index in [0.717, 1.165) is 24.2 Å². The normalized spacial score (nSPS) is 12.2. The Morgan fingerprint density at radius 1 is 1.35 bits per heavy atom. The molecule has 0 radical (unpaired) electrons. The van der Waals surface area contributed by atoms with Gasteiger partial charge in [-0.3, -0.25) is 0 Å². The molecule has 1 rings (SSSR count). The zero-order valence-corrected chi connectivity index (χ0v) is 11.9. The molecule has 0 saturated heterocycles. The van der Waals surface area contributed by atoms with Gasteiger partial charge in [0.2, 0.25) is 0 Å². The molecule has 1 aromatic heterocycles. The number of aliphatic hydroxyl groups excluding tert-OH is 1. The van der Waals surface area contributed by atoms with Crippen molar-refractivity contribution in [2.24, 2.45) is 0 Å². The molecule has 17 heavy (non-hydrogen) atoms. The summed E-state index contributed by atoms with van der Waals surface area (Å²) < 4.78 is 26.3. The van der Waals surface area contributed by atoms with Crippen molar-refractivity contribution in [3.8, 4) is 0 Å². The second-order valence-electron chi connectivity index (χ2n) is 3.73. The van der Waals surface area contributed by atoms with Crippen LogP contribution in [0.25, 0.3) is 0 Å². The Morgan fingerprint density at radius 2 is 2.06 bits per heavy atom. The van der Waals surface area contributed by atoms with E-state index in [1.807, 2.05) is 13.8 Å². The van der Waals surface area contributed by atoms with Gasteiger partial charge in [-0.25, -0.2) is 8.42 Å². The summed E-state index contributed by atoms with van der Waals surface area (Å²) in [6, 6.07) is 3.23. The third kappa shape index (κ3) is 3.51. The van der Waals surface area contributed by atoms with E-state index < -0.39 is 10.0 Å². The smallest absolute Gasteiger partial charge is 0.252 e. The van der Waals surface area contributed by atoms with Crippen LogP contribution in [0.15, 0.2) is 16.3 Å². The molecule has 6 heteroatoms. The lowest BCUT2D eigenvalue weighted by atomic mass is 10.3. The molecule has 0 aliphatic rings. The largest absolute Gasteiger partial charge is 0.391 e. The number of unbranched alkanes of at least 4 members (excludes halogenated alkanes) is 1. The highest BCUT2D eigenvalue weighted by molar-refractivity contribution is 7.91. The SMILES string of the molecule is CCCCN(CC)S(=O)(=O)c1ccc(CO)s1. The average Bonchev–Trinajstić information content (AvgIpc) is 2.79. The summed E-state index contributed by atoms with van der Waals surface area (Å²) in [5, 5.41) is 8.96. The summed E-state index contributed by atoms with van der Waals surface area (Å²) in [5.41, 5.74) is 0. The maximum Gasteiger partial charge on any atom is 0.252 e. The first kappa shape index (κ1) is 14.6. The predicted molar refractivity (Wildman–Crippen MR) is 69.6 cm³/mol. The number of sulfonamides is 1. The third-order valence-electron chi connectivity index (χ3n) is 2.50. The van der Waals surface area contributed by atoms with Crippen molar-refractivity contribution in [3.05, 3.63) is 17.0 Å². The number of thiophene rings is 1. The molecule has 1 heterocycles. The lowest BCUT2D eigenvalue weighted by Crippen LogP contribution is -2.31. The Labute approximate surface area is 107 Å². The molecule has 1 aromatic rings. The molecule has 1 N–H and O–H groups in total. The highest BCUT2D eigenvalue weighted by Gasteiger charge is 2.24. The molecule has 4 nitrogen and oxygen atoms in total. The fraction of sp³-hybridized carbons (Fsp3) is 0.636. The highest BCUT2D eigenvalue weighted by atomic mass is 32.2. The summed E-state index contributed by atoms with van der Waals surface area (Å²) in [4.78, 5) is 0.676. The molecule has 0 atom stereocenters. The van der Waals surface area contributed by atoms with Crippen LogP contribution >= 0.6 is 11.3 Å². The maximum atomic E-state index is 12.3. The summed E-state index contributed by atoms with van der Waals surface area (Å²) in [6.45, 7) is 4.81. The molecule has 0 amide bonds. The molecule has 0 fully saturated rings. The van der Waals surface area contributed by atoms with E-state index in [-0.39, 0.29) is 6.61 Å². The minimum atomic E-state index is -3.37. The average molecular weight is 277 g/mol. The van der Waals surface area contributed by atoms with Crippen LogP contribution < -0.4 is 0 Å². The third-order valence-corrected chi connectivity index (χ3v) is 6.01. The predicted octanol–water partition coefficient (Wildman–Crippen LogP) is 2.05. The van der Waals surface area contributed by atoms with E-state index >= 15 is 0 Å². The molecule has 0 aliphatic heterocycles. The van der Waals surface area contributed by atoms with Crippen LogP contribution in [-0.4, -0.2) is 30.9 Å². The van der Waals surface area contributed by atoms with Crippen molar-refractivity contribution in [3.63, 3.8) is 0 Å². The van der Waals surface area contributed by atoms with Crippen LogP contribution in [0, 0.1) is 0 Å². The molecule has 98 valence electrons. The number of hydrogen-bond acceptors (Lipinski definition) is 4. The standard InChI is InChI=1S/C11H19NO3S2/c1-3-5-8-12(4-2)17(14,15)11-7-6-10(9-13)16-11/h6-7,13H,3-5,8-9H2,1-2H3. The van der Waals surface area contributed by atoms with Crippen molar-refractivity contribution < 1.29 is 13.5 Å². The number of rotatable bonds is 7. The van der Waals surface area contributed by atoms with Gasteiger partial charge >= 0.3 is 0 Å². The van der Waals surface area contributed by atoms with Crippen LogP contribution in [0.2, 0.25) is 0 Å². The van der Waals surface area contributed by atoms with Crippen LogP contribution in [0.1, 0.15) is 31.6 Å². The van der Waals surface area contributed by atoms with Crippen molar-refractivity contribution in [2.75, 3.05) is 13.1 Å². The lowest BCUT2D eigenvalue weighted by molar-refractivity contribution is 0.285. The summed E-state index contributed by atoms with van der Waals surface area (Å²) in [7, 11) is -3.37. The van der Waals surface area contributed by atoms with Gasteiger partial charge in [-0.1, -0.05) is 20.3 Å². The van der Waals surface area contributed by atoms with Gasteiger partial charge in [-0.2, -0.15) is 4.31 Å². The minimum absolute atomic E-state index is 0.110. The molecular formula is C11H19NO3S2. The Morgan fingerprint density at radius 3 is 2.53 bits per heavy atom. The monoisotopic (exact) mass is 277 g/mol. The van der Waals surface area contributed by atoms with Crippen molar-refractivity contribution >= 4 is 21.4 Å². The lowest BCUT2D eigenvalue weighted by Gasteiger charge is -2.18. The fourth-order valence-corrected chi connectivity index (χ4v) is 4.35. The van der Waals surface area contributed by atoms with E-state index in [1.54, 1.807) is 12.1 Å². The van der Waals surface area contributed by atoms with Crippen molar-refractivity contribution in [1.29, 1.82) is 0 Å². The fourth-order valence-electron chi connectivity index (χ4n) is 1.49. The first-order valence-corrected chi connectivity index (χ1v) is 8.01. The van der Waals surface area contributed by atoms with Gasteiger partial charge in [-0.15, -0.1) is 11.3 Å². The second kappa shape index (κ2) is 6.49. The molecule has 0 aliphatic carbocycles. The Bertz CT molecular complexity index is 439. The van der Waals surface area contributed by atoms with Gasteiger partial charge in [0.05, 0.1) is 6.61 Å². The van der Waals surface area contributed by atoms with Crippen LogP contribution in [0.5, 0.6) is 0 Å². The zero-order valence-electron chi connectivity index (χ0n) is 10.2. The van der Waals surface area contributed by atoms with E-state index in [1.165, 1.54) is 4.31 Å². The van der Waals surface area contributed by atoms with Gasteiger partial charge in [0.1, 0.15) is 4.21 Å². The van der Waals surface area contributed by atoms with E-state index in [2.05, 4.69) is 0 Å². The first-order valence-electron chi connectivity index (χ1n) is 5.76. The molecule has 0 saturated carbocycles. The van der Waals surface area contributed by atoms with E-state index in [9.17, 15) is 8.42 Å². The van der Waals surface area contributed by atoms with Gasteiger partial charge in [0.25, 0.3) is 10.0 Å². The number of nitrogens with zero attached hydrogens (tertiary/aromatic N) is 1. The molecule has 0 unspecified atom stereocenters. The Balaban J connectivity index is 2.91. The summed E-state index contributed by atoms with van der Waals surface area (Å²) in [6.07, 6.45) is 1.84. The second-order valence-corrected chi connectivity index (χ2v) is 7.06. The van der Waals surface area contributed by atoms with Gasteiger partial charge < -0.3 is 5.11 Å². The van der Waals surface area contributed by atoms with Gasteiger partial charge in [-0.05, 0) is 18.6 Å². The van der Waals surface area contributed by atoms with Crippen molar-refractivity contribution in [2.45, 2.75) is 37.5 Å². The topological polar surface area (TPSA) is 57.6 Å². The van der Waals surface area contributed by atoms with E-state index in [4.69, 9.17) is 5.11 Å². The van der Waals surface area contributed by atoms with Gasteiger partial charge in [0, 0.05) is 18.0 Å². The summed E-state index contributed by atoms with van der Waals surface area (Å²) >= 11 is 1.14. The molecular weight excluding hydrogens is 258 g/mol. The van der Waals surface area contributed by atoms with Crippen molar-refractivity contribution in [1.82, 2.24) is 4.31 Å². The van der Waals surface area contributed by atoms with Crippen LogP contribution in [0.4, 0.5) is 0 Å². The maximum absolute atomic E-state index is 12.3.